The molecule has 2 amide bonds. The molecule has 2 aromatic rings. The summed E-state index contributed by atoms with van der Waals surface area (Å²) >= 11 is 0. The summed E-state index contributed by atoms with van der Waals surface area (Å²) in [5.41, 5.74) is 0.392. The summed E-state index contributed by atoms with van der Waals surface area (Å²) in [6.45, 7) is 5.38. The highest BCUT2D eigenvalue weighted by Crippen LogP contribution is 2.53. The van der Waals surface area contributed by atoms with Gasteiger partial charge in [0.1, 0.15) is 11.5 Å². The van der Waals surface area contributed by atoms with E-state index in [1.165, 1.54) is 4.90 Å². The van der Waals surface area contributed by atoms with Gasteiger partial charge >= 0.3 is 12.1 Å². The number of hydrogen-bond donors (Lipinski definition) is 1. The van der Waals surface area contributed by atoms with Gasteiger partial charge in [-0.1, -0.05) is 36.4 Å². The Kier molecular flexibility index (Phi) is 3.78. The normalized spacial score (nSPS) is 26.6. The van der Waals surface area contributed by atoms with Gasteiger partial charge < -0.3 is 14.8 Å². The van der Waals surface area contributed by atoms with Crippen LogP contribution >= 0.6 is 0 Å². The highest BCUT2D eigenvalue weighted by molar-refractivity contribution is 6.08. The summed E-state index contributed by atoms with van der Waals surface area (Å²) in [6, 6.07) is 13.8. The highest BCUT2D eigenvalue weighted by atomic mass is 16.6. The van der Waals surface area contributed by atoms with E-state index in [1.54, 1.807) is 45.0 Å². The van der Waals surface area contributed by atoms with Crippen LogP contribution in [0.15, 0.2) is 48.5 Å². The van der Waals surface area contributed by atoms with E-state index in [-0.39, 0.29) is 6.42 Å². The van der Waals surface area contributed by atoms with Gasteiger partial charge in [0.05, 0.1) is 11.7 Å². The molecular formula is C23H22N2O5. The first kappa shape index (κ1) is 18.7. The third-order valence-electron chi connectivity index (χ3n) is 5.84. The molecular weight excluding hydrogens is 384 g/mol. The third-order valence-corrected chi connectivity index (χ3v) is 5.84. The fourth-order valence-electron chi connectivity index (χ4n) is 4.71. The number of hydrogen-bond acceptors (Lipinski definition) is 5. The number of benzene rings is 2. The van der Waals surface area contributed by atoms with Gasteiger partial charge in [0, 0.05) is 17.7 Å². The Hall–Kier alpha value is -3.35. The fourth-order valence-corrected chi connectivity index (χ4v) is 4.71. The zero-order chi connectivity index (χ0) is 21.3. The molecule has 7 nitrogen and oxygen atoms in total. The van der Waals surface area contributed by atoms with Crippen LogP contribution in [0.25, 0.3) is 0 Å². The molecule has 2 aromatic carbocycles. The lowest BCUT2D eigenvalue weighted by Crippen LogP contribution is -2.55. The van der Waals surface area contributed by atoms with Crippen molar-refractivity contribution in [3.05, 3.63) is 59.7 Å². The number of para-hydroxylation sites is 2. The van der Waals surface area contributed by atoms with Crippen molar-refractivity contribution >= 4 is 29.3 Å². The molecule has 5 rings (SSSR count). The second-order valence-corrected chi connectivity index (χ2v) is 8.91. The Bertz CT molecular complexity index is 1090. The van der Waals surface area contributed by atoms with Gasteiger partial charge in [0.15, 0.2) is 0 Å². The molecule has 7 heteroatoms. The Labute approximate surface area is 174 Å². The minimum atomic E-state index is -1.46. The number of fused-ring (bicyclic) bond motifs is 5. The van der Waals surface area contributed by atoms with Crippen LogP contribution in [-0.4, -0.2) is 29.6 Å². The van der Waals surface area contributed by atoms with Crippen LogP contribution in [0.3, 0.4) is 0 Å². The summed E-state index contributed by atoms with van der Waals surface area (Å²) in [5, 5.41) is 2.81. The van der Waals surface area contributed by atoms with E-state index in [4.69, 9.17) is 9.47 Å². The molecule has 3 atom stereocenters. The van der Waals surface area contributed by atoms with Crippen molar-refractivity contribution < 1.29 is 23.9 Å². The van der Waals surface area contributed by atoms with E-state index in [0.29, 0.717) is 22.5 Å². The van der Waals surface area contributed by atoms with Gasteiger partial charge in [-0.05, 0) is 38.5 Å². The SMILES string of the molecule is CC(C)(C)OC(=O)N1c2ccccc2C2C(=O)O[C@@]3(CC21)C(=O)Nc1ccccc13. The van der Waals surface area contributed by atoms with Crippen LogP contribution in [0, 0.1) is 0 Å². The molecule has 1 saturated heterocycles. The van der Waals surface area contributed by atoms with E-state index < -0.39 is 41.1 Å². The first-order valence-corrected chi connectivity index (χ1v) is 9.96. The quantitative estimate of drug-likeness (QED) is 0.675. The van der Waals surface area contributed by atoms with E-state index in [2.05, 4.69) is 5.32 Å². The van der Waals surface area contributed by atoms with Gasteiger partial charge in [-0.15, -0.1) is 0 Å². The predicted molar refractivity (Wildman–Crippen MR) is 109 cm³/mol. The Morgan fingerprint density at radius 1 is 1.13 bits per heavy atom. The Morgan fingerprint density at radius 3 is 2.60 bits per heavy atom. The minimum absolute atomic E-state index is 0.153. The molecule has 0 aliphatic carbocycles. The van der Waals surface area contributed by atoms with Gasteiger partial charge in [0.25, 0.3) is 5.91 Å². The first-order valence-electron chi connectivity index (χ1n) is 9.96. The van der Waals surface area contributed by atoms with Crippen molar-refractivity contribution in [3.63, 3.8) is 0 Å². The zero-order valence-corrected chi connectivity index (χ0v) is 17.0. The molecule has 154 valence electrons. The number of nitrogens with one attached hydrogen (secondary N) is 1. The molecule has 3 aliphatic rings. The number of carbonyl (C=O) groups is 3. The van der Waals surface area contributed by atoms with Crippen LogP contribution in [0.2, 0.25) is 0 Å². The standard InChI is InChI=1S/C23H22N2O5/c1-22(2,3)30-21(28)25-16-11-7-4-8-13(16)18-17(25)12-23(29-19(18)26)14-9-5-6-10-15(14)24-20(23)27/h4-11,17-18H,12H2,1-3H3,(H,24,27)/t17?,18?,23-/m1/s1. The topological polar surface area (TPSA) is 84.9 Å². The molecule has 0 saturated carbocycles. The number of carbonyl (C=O) groups excluding carboxylic acids is 3. The second kappa shape index (κ2) is 6.08. The molecule has 2 unspecified atom stereocenters. The predicted octanol–water partition coefficient (Wildman–Crippen LogP) is 3.69. The summed E-state index contributed by atoms with van der Waals surface area (Å²) < 4.78 is 11.5. The molecule has 0 aromatic heterocycles. The van der Waals surface area contributed by atoms with Crippen LogP contribution in [0.1, 0.15) is 44.2 Å². The molecule has 0 bridgehead atoms. The monoisotopic (exact) mass is 406 g/mol. The number of amides is 2. The van der Waals surface area contributed by atoms with Gasteiger partial charge in [-0.25, -0.2) is 4.79 Å². The number of esters is 1. The second-order valence-electron chi connectivity index (χ2n) is 8.91. The number of ether oxygens (including phenoxy) is 2. The molecule has 1 fully saturated rings. The van der Waals surface area contributed by atoms with Gasteiger partial charge in [-0.2, -0.15) is 0 Å². The number of rotatable bonds is 0. The van der Waals surface area contributed by atoms with E-state index >= 15 is 0 Å². The average Bonchev–Trinajstić information content (AvgIpc) is 3.13. The summed E-state index contributed by atoms with van der Waals surface area (Å²) in [4.78, 5) is 40.9. The lowest BCUT2D eigenvalue weighted by Gasteiger charge is -2.40. The largest absolute Gasteiger partial charge is 0.443 e. The molecule has 1 spiro atoms. The minimum Gasteiger partial charge on any atom is -0.443 e. The highest BCUT2D eigenvalue weighted by Gasteiger charge is 2.61. The Morgan fingerprint density at radius 2 is 1.83 bits per heavy atom. The van der Waals surface area contributed by atoms with Crippen molar-refractivity contribution in [3.8, 4) is 0 Å². The van der Waals surface area contributed by atoms with Crippen LogP contribution < -0.4 is 10.2 Å². The molecule has 0 radical (unpaired) electrons. The average molecular weight is 406 g/mol. The van der Waals surface area contributed by atoms with Crippen molar-refractivity contribution in [2.45, 2.75) is 50.4 Å². The van der Waals surface area contributed by atoms with Crippen molar-refractivity contribution in [2.75, 3.05) is 10.2 Å². The maximum Gasteiger partial charge on any atom is 0.415 e. The van der Waals surface area contributed by atoms with Crippen LogP contribution in [0.4, 0.5) is 16.2 Å². The number of nitrogens with zero attached hydrogens (tertiary/aromatic N) is 1. The summed E-state index contributed by atoms with van der Waals surface area (Å²) in [7, 11) is 0. The maximum atomic E-state index is 13.2. The first-order chi connectivity index (χ1) is 14.2. The Balaban J connectivity index is 1.62. The summed E-state index contributed by atoms with van der Waals surface area (Å²) in [5.74, 6) is -1.58. The molecule has 30 heavy (non-hydrogen) atoms. The van der Waals surface area contributed by atoms with Crippen LogP contribution in [-0.2, 0) is 24.7 Å². The maximum absolute atomic E-state index is 13.2. The summed E-state index contributed by atoms with van der Waals surface area (Å²) in [6.07, 6.45) is -0.390. The number of anilines is 2. The van der Waals surface area contributed by atoms with Gasteiger partial charge in [0.2, 0.25) is 5.60 Å². The van der Waals surface area contributed by atoms with E-state index in [9.17, 15) is 14.4 Å². The third kappa shape index (κ3) is 2.54. The van der Waals surface area contributed by atoms with Crippen molar-refractivity contribution in [1.29, 1.82) is 0 Å². The zero-order valence-electron chi connectivity index (χ0n) is 17.0. The van der Waals surface area contributed by atoms with Crippen molar-refractivity contribution in [1.82, 2.24) is 0 Å². The molecule has 1 N–H and O–H groups in total. The lowest BCUT2D eigenvalue weighted by atomic mass is 9.79. The fraction of sp³-hybridized carbons (Fsp3) is 0.348. The van der Waals surface area contributed by atoms with Gasteiger partial charge in [-0.3, -0.25) is 14.5 Å². The van der Waals surface area contributed by atoms with E-state index in [1.807, 2.05) is 24.3 Å². The van der Waals surface area contributed by atoms with E-state index in [0.717, 1.165) is 0 Å². The molecule has 3 heterocycles. The van der Waals surface area contributed by atoms with Crippen LogP contribution in [0.5, 0.6) is 0 Å². The lowest BCUT2D eigenvalue weighted by molar-refractivity contribution is -0.176. The smallest absolute Gasteiger partial charge is 0.415 e. The molecule has 3 aliphatic heterocycles. The van der Waals surface area contributed by atoms with Crippen molar-refractivity contribution in [2.24, 2.45) is 0 Å².